The van der Waals surface area contributed by atoms with E-state index in [1.807, 2.05) is 11.0 Å². The molecule has 0 spiro atoms. The molecule has 5 heteroatoms. The predicted molar refractivity (Wildman–Crippen MR) is 93.0 cm³/mol. The molecule has 1 aliphatic rings. The molecule has 0 saturated carbocycles. The molecule has 4 nitrogen and oxygen atoms in total. The predicted octanol–water partition coefficient (Wildman–Crippen LogP) is 2.27. The standard InChI is InChI=1S/C17H27N3O.ClH/c1-3-7-16-13-20(17(21)14(2)18)11-10-19(16)12-15-8-5-4-6-9-15;/h4-6,8-9,14,16H,3,7,10-13,18H2,1-2H3;1H. The average Bonchev–Trinajstić information content (AvgIpc) is 2.49. The van der Waals surface area contributed by atoms with Crippen LogP contribution >= 0.6 is 12.4 Å². The van der Waals surface area contributed by atoms with Gasteiger partial charge in [0.25, 0.3) is 0 Å². The van der Waals surface area contributed by atoms with Crippen molar-refractivity contribution in [3.63, 3.8) is 0 Å². The van der Waals surface area contributed by atoms with Gasteiger partial charge in [0.15, 0.2) is 0 Å². The van der Waals surface area contributed by atoms with Crippen LogP contribution in [0.25, 0.3) is 0 Å². The molecule has 1 heterocycles. The monoisotopic (exact) mass is 325 g/mol. The fourth-order valence-electron chi connectivity index (χ4n) is 3.01. The van der Waals surface area contributed by atoms with E-state index in [0.29, 0.717) is 6.04 Å². The number of hydrogen-bond acceptors (Lipinski definition) is 3. The molecular formula is C17H28ClN3O. The number of rotatable bonds is 5. The molecule has 1 saturated heterocycles. The zero-order valence-electron chi connectivity index (χ0n) is 13.6. The van der Waals surface area contributed by atoms with Crippen molar-refractivity contribution in [1.82, 2.24) is 9.80 Å². The maximum absolute atomic E-state index is 12.1. The van der Waals surface area contributed by atoms with E-state index >= 15 is 0 Å². The highest BCUT2D eigenvalue weighted by Gasteiger charge is 2.29. The quantitative estimate of drug-likeness (QED) is 0.903. The molecule has 0 aliphatic carbocycles. The Balaban J connectivity index is 0.00000242. The number of halogens is 1. The first kappa shape index (κ1) is 18.9. The van der Waals surface area contributed by atoms with Crippen molar-refractivity contribution >= 4 is 18.3 Å². The van der Waals surface area contributed by atoms with Crippen molar-refractivity contribution < 1.29 is 4.79 Å². The Bertz CT molecular complexity index is 452. The summed E-state index contributed by atoms with van der Waals surface area (Å²) in [6.45, 7) is 7.46. The van der Waals surface area contributed by atoms with Gasteiger partial charge in [-0.2, -0.15) is 0 Å². The largest absolute Gasteiger partial charge is 0.339 e. The highest BCUT2D eigenvalue weighted by atomic mass is 35.5. The molecule has 2 rings (SSSR count). The average molecular weight is 326 g/mol. The summed E-state index contributed by atoms with van der Waals surface area (Å²) in [6, 6.07) is 10.6. The van der Waals surface area contributed by atoms with E-state index in [9.17, 15) is 4.79 Å². The van der Waals surface area contributed by atoms with Crippen LogP contribution in [0.1, 0.15) is 32.3 Å². The van der Waals surface area contributed by atoms with Crippen molar-refractivity contribution in [1.29, 1.82) is 0 Å². The second kappa shape index (κ2) is 9.13. The minimum Gasteiger partial charge on any atom is -0.339 e. The second-order valence-electron chi connectivity index (χ2n) is 5.97. The summed E-state index contributed by atoms with van der Waals surface area (Å²) in [5.41, 5.74) is 7.08. The fraction of sp³-hybridized carbons (Fsp3) is 0.588. The SMILES string of the molecule is CCCC1CN(C(=O)C(C)N)CCN1Cc1ccccc1.Cl. The summed E-state index contributed by atoms with van der Waals surface area (Å²) in [6.07, 6.45) is 2.26. The lowest BCUT2D eigenvalue weighted by Gasteiger charge is -2.42. The third kappa shape index (κ3) is 4.97. The van der Waals surface area contributed by atoms with Gasteiger partial charge >= 0.3 is 0 Å². The Morgan fingerprint density at radius 2 is 2.00 bits per heavy atom. The van der Waals surface area contributed by atoms with Gasteiger partial charge in [-0.1, -0.05) is 43.7 Å². The molecule has 0 bridgehead atoms. The van der Waals surface area contributed by atoms with Gasteiger partial charge in [0, 0.05) is 32.2 Å². The third-order valence-electron chi connectivity index (χ3n) is 4.16. The number of amides is 1. The molecule has 0 radical (unpaired) electrons. The summed E-state index contributed by atoms with van der Waals surface area (Å²) >= 11 is 0. The first-order chi connectivity index (χ1) is 10.1. The number of hydrogen-bond donors (Lipinski definition) is 1. The maximum Gasteiger partial charge on any atom is 0.239 e. The van der Waals surface area contributed by atoms with E-state index in [-0.39, 0.29) is 18.3 Å². The zero-order chi connectivity index (χ0) is 15.2. The maximum atomic E-state index is 12.1. The molecule has 1 fully saturated rings. The minimum absolute atomic E-state index is 0. The van der Waals surface area contributed by atoms with Crippen LogP contribution in [0, 0.1) is 0 Å². The Hall–Kier alpha value is -1.10. The van der Waals surface area contributed by atoms with Crippen molar-refractivity contribution in [2.24, 2.45) is 5.73 Å². The highest BCUT2D eigenvalue weighted by molar-refractivity contribution is 5.85. The molecule has 1 amide bonds. The molecular weight excluding hydrogens is 298 g/mol. The summed E-state index contributed by atoms with van der Waals surface area (Å²) in [4.78, 5) is 16.5. The smallest absolute Gasteiger partial charge is 0.239 e. The van der Waals surface area contributed by atoms with Crippen molar-refractivity contribution in [3.8, 4) is 0 Å². The molecule has 1 aromatic rings. The summed E-state index contributed by atoms with van der Waals surface area (Å²) in [5.74, 6) is 0.0791. The minimum atomic E-state index is -0.395. The number of nitrogens with two attached hydrogens (primary N) is 1. The lowest BCUT2D eigenvalue weighted by molar-refractivity contribution is -0.135. The van der Waals surface area contributed by atoms with E-state index in [0.717, 1.165) is 39.0 Å². The van der Waals surface area contributed by atoms with Gasteiger partial charge in [-0.3, -0.25) is 9.69 Å². The normalized spacial score (nSPS) is 20.3. The third-order valence-corrected chi connectivity index (χ3v) is 4.16. The number of carbonyl (C=O) groups is 1. The first-order valence-corrected chi connectivity index (χ1v) is 7.94. The van der Waals surface area contributed by atoms with Crippen LogP contribution in [0.15, 0.2) is 30.3 Å². The number of piperazine rings is 1. The second-order valence-corrected chi connectivity index (χ2v) is 5.97. The van der Waals surface area contributed by atoms with Crippen molar-refractivity contribution in [2.45, 2.75) is 45.3 Å². The van der Waals surface area contributed by atoms with E-state index in [1.54, 1.807) is 6.92 Å². The Morgan fingerprint density at radius 1 is 1.32 bits per heavy atom. The number of nitrogens with zero attached hydrogens (tertiary/aromatic N) is 2. The Morgan fingerprint density at radius 3 is 2.59 bits per heavy atom. The van der Waals surface area contributed by atoms with Crippen molar-refractivity contribution in [2.75, 3.05) is 19.6 Å². The molecule has 2 unspecified atom stereocenters. The summed E-state index contributed by atoms with van der Waals surface area (Å²) < 4.78 is 0. The molecule has 2 atom stereocenters. The van der Waals surface area contributed by atoms with Gasteiger partial charge in [-0.15, -0.1) is 12.4 Å². The van der Waals surface area contributed by atoms with Crippen LogP contribution in [-0.4, -0.2) is 47.4 Å². The van der Waals surface area contributed by atoms with Gasteiger partial charge in [-0.25, -0.2) is 0 Å². The van der Waals surface area contributed by atoms with Crippen LogP contribution in [0.5, 0.6) is 0 Å². The van der Waals surface area contributed by atoms with Gasteiger partial charge in [0.1, 0.15) is 0 Å². The molecule has 124 valence electrons. The van der Waals surface area contributed by atoms with Gasteiger partial charge in [-0.05, 0) is 18.9 Å². The van der Waals surface area contributed by atoms with Crippen LogP contribution in [0.3, 0.4) is 0 Å². The lowest BCUT2D eigenvalue weighted by Crippen LogP contribution is -2.56. The number of carbonyl (C=O) groups excluding carboxylic acids is 1. The first-order valence-electron chi connectivity index (χ1n) is 7.94. The highest BCUT2D eigenvalue weighted by Crippen LogP contribution is 2.18. The van der Waals surface area contributed by atoms with E-state index < -0.39 is 6.04 Å². The van der Waals surface area contributed by atoms with Gasteiger partial charge < -0.3 is 10.6 Å². The summed E-state index contributed by atoms with van der Waals surface area (Å²) in [7, 11) is 0. The molecule has 1 aromatic carbocycles. The van der Waals surface area contributed by atoms with Gasteiger partial charge in [0.05, 0.1) is 6.04 Å². The van der Waals surface area contributed by atoms with Crippen LogP contribution in [-0.2, 0) is 11.3 Å². The molecule has 1 aliphatic heterocycles. The van der Waals surface area contributed by atoms with Gasteiger partial charge in [0.2, 0.25) is 5.91 Å². The van der Waals surface area contributed by atoms with Crippen LogP contribution in [0.2, 0.25) is 0 Å². The Labute approximate surface area is 140 Å². The Kier molecular flexibility index (Phi) is 7.87. The van der Waals surface area contributed by atoms with Crippen LogP contribution in [0.4, 0.5) is 0 Å². The molecule has 22 heavy (non-hydrogen) atoms. The topological polar surface area (TPSA) is 49.6 Å². The number of benzene rings is 1. The van der Waals surface area contributed by atoms with E-state index in [2.05, 4.69) is 36.1 Å². The fourth-order valence-corrected chi connectivity index (χ4v) is 3.01. The summed E-state index contributed by atoms with van der Waals surface area (Å²) in [5, 5.41) is 0. The van der Waals surface area contributed by atoms with Crippen LogP contribution < -0.4 is 5.73 Å². The lowest BCUT2D eigenvalue weighted by atomic mass is 10.0. The van der Waals surface area contributed by atoms with E-state index in [4.69, 9.17) is 5.73 Å². The zero-order valence-corrected chi connectivity index (χ0v) is 14.4. The van der Waals surface area contributed by atoms with Crippen molar-refractivity contribution in [3.05, 3.63) is 35.9 Å². The van der Waals surface area contributed by atoms with E-state index in [1.165, 1.54) is 5.56 Å². The molecule has 2 N–H and O–H groups in total. The molecule has 0 aromatic heterocycles.